The smallest absolute Gasteiger partial charge is 0.0233 e. The van der Waals surface area contributed by atoms with Crippen molar-refractivity contribution in [2.45, 2.75) is 26.8 Å². The van der Waals surface area contributed by atoms with Crippen LogP contribution in [-0.4, -0.2) is 18.0 Å². The molecule has 0 saturated carbocycles. The lowest BCUT2D eigenvalue weighted by Crippen LogP contribution is -2.23. The Morgan fingerprint density at radius 1 is 1.07 bits per heavy atom. The van der Waals surface area contributed by atoms with Gasteiger partial charge in [0.25, 0.3) is 0 Å². The van der Waals surface area contributed by atoms with E-state index in [0.29, 0.717) is 0 Å². The van der Waals surface area contributed by atoms with Gasteiger partial charge in [-0.05, 0) is 25.1 Å². The molecule has 0 unspecified atom stereocenters. The largest absolute Gasteiger partial charge is 0.299 e. The summed E-state index contributed by atoms with van der Waals surface area (Å²) in [6, 6.07) is 10.7. The Morgan fingerprint density at radius 2 is 1.71 bits per heavy atom. The third kappa shape index (κ3) is 4.96. The summed E-state index contributed by atoms with van der Waals surface area (Å²) in [6.45, 7) is 7.88. The minimum Gasteiger partial charge on any atom is -0.299 e. The van der Waals surface area contributed by atoms with Crippen molar-refractivity contribution in [2.75, 3.05) is 13.1 Å². The summed E-state index contributed by atoms with van der Waals surface area (Å²) >= 11 is 0. The highest BCUT2D eigenvalue weighted by molar-refractivity contribution is 14.0. The molecule has 14 heavy (non-hydrogen) atoms. The summed E-state index contributed by atoms with van der Waals surface area (Å²) in [6.07, 6.45) is 1.24. The lowest BCUT2D eigenvalue weighted by Gasteiger charge is -2.19. The molecule has 0 aliphatic heterocycles. The lowest BCUT2D eigenvalue weighted by molar-refractivity contribution is 0.280. The van der Waals surface area contributed by atoms with Crippen LogP contribution in [0.1, 0.15) is 25.8 Å². The second-order valence-corrected chi connectivity index (χ2v) is 3.35. The van der Waals surface area contributed by atoms with Crippen molar-refractivity contribution in [3.8, 4) is 0 Å². The molecule has 1 rings (SSSR count). The number of nitrogens with zero attached hydrogens (tertiary/aromatic N) is 1. The van der Waals surface area contributed by atoms with E-state index in [0.717, 1.165) is 13.1 Å². The highest BCUT2D eigenvalue weighted by atomic mass is 127. The molecule has 80 valence electrons. The monoisotopic (exact) mass is 305 g/mol. The molecule has 2 heteroatoms. The van der Waals surface area contributed by atoms with E-state index in [1.54, 1.807) is 0 Å². The standard InChI is InChI=1S/C12H19N.HI/c1-3-10-13(4-2)11-12-8-6-5-7-9-12;/h5-9H,3-4,10-11H2,1-2H3;1H. The Balaban J connectivity index is 0.00000169. The normalized spacial score (nSPS) is 9.93. The van der Waals surface area contributed by atoms with Gasteiger partial charge in [-0.25, -0.2) is 0 Å². The van der Waals surface area contributed by atoms with Crippen LogP contribution < -0.4 is 0 Å². The fraction of sp³-hybridized carbons (Fsp3) is 0.500. The number of hydrogen-bond acceptors (Lipinski definition) is 1. The summed E-state index contributed by atoms with van der Waals surface area (Å²) < 4.78 is 0. The molecule has 0 amide bonds. The van der Waals surface area contributed by atoms with Crippen LogP contribution in [0.2, 0.25) is 0 Å². The Hall–Kier alpha value is -0.0900. The first-order chi connectivity index (χ1) is 6.36. The number of halogens is 1. The van der Waals surface area contributed by atoms with Crippen LogP contribution in [0.3, 0.4) is 0 Å². The first kappa shape index (κ1) is 13.9. The molecule has 0 radical (unpaired) electrons. The quantitative estimate of drug-likeness (QED) is 0.752. The summed E-state index contributed by atoms with van der Waals surface area (Å²) in [7, 11) is 0. The molecule has 0 heterocycles. The van der Waals surface area contributed by atoms with E-state index in [2.05, 4.69) is 49.1 Å². The Bertz CT molecular complexity index is 223. The molecule has 0 saturated heterocycles. The van der Waals surface area contributed by atoms with Crippen LogP contribution in [0.5, 0.6) is 0 Å². The average Bonchev–Trinajstić information content (AvgIpc) is 2.19. The van der Waals surface area contributed by atoms with Gasteiger partial charge in [0.15, 0.2) is 0 Å². The topological polar surface area (TPSA) is 3.24 Å². The van der Waals surface area contributed by atoms with Crippen LogP contribution in [0, 0.1) is 0 Å². The molecule has 0 N–H and O–H groups in total. The van der Waals surface area contributed by atoms with E-state index in [4.69, 9.17) is 0 Å². The number of benzene rings is 1. The first-order valence-corrected chi connectivity index (χ1v) is 5.13. The number of hydrogen-bond donors (Lipinski definition) is 0. The average molecular weight is 305 g/mol. The second-order valence-electron chi connectivity index (χ2n) is 3.35. The van der Waals surface area contributed by atoms with Crippen molar-refractivity contribution < 1.29 is 0 Å². The first-order valence-electron chi connectivity index (χ1n) is 5.13. The zero-order valence-electron chi connectivity index (χ0n) is 9.07. The molecule has 0 spiro atoms. The van der Waals surface area contributed by atoms with E-state index >= 15 is 0 Å². The van der Waals surface area contributed by atoms with E-state index in [1.807, 2.05) is 0 Å². The van der Waals surface area contributed by atoms with E-state index in [9.17, 15) is 0 Å². The highest BCUT2D eigenvalue weighted by Crippen LogP contribution is 2.04. The zero-order chi connectivity index (χ0) is 9.52. The lowest BCUT2D eigenvalue weighted by atomic mass is 10.2. The maximum Gasteiger partial charge on any atom is 0.0233 e. The molecule has 0 aliphatic carbocycles. The molecule has 0 bridgehead atoms. The third-order valence-corrected chi connectivity index (χ3v) is 2.24. The highest BCUT2D eigenvalue weighted by Gasteiger charge is 2.00. The van der Waals surface area contributed by atoms with Gasteiger partial charge in [-0.2, -0.15) is 0 Å². The van der Waals surface area contributed by atoms with Gasteiger partial charge in [-0.15, -0.1) is 24.0 Å². The maximum atomic E-state index is 2.47. The SMILES string of the molecule is CCCN(CC)Cc1ccccc1.I. The van der Waals surface area contributed by atoms with E-state index < -0.39 is 0 Å². The maximum absolute atomic E-state index is 2.47. The van der Waals surface area contributed by atoms with Gasteiger partial charge in [0.2, 0.25) is 0 Å². The molecule has 0 atom stereocenters. The van der Waals surface area contributed by atoms with Gasteiger partial charge in [0.05, 0.1) is 0 Å². The van der Waals surface area contributed by atoms with Crippen molar-refractivity contribution in [3.63, 3.8) is 0 Å². The Labute approximate surface area is 105 Å². The predicted molar refractivity (Wildman–Crippen MR) is 73.1 cm³/mol. The van der Waals surface area contributed by atoms with Crippen molar-refractivity contribution in [1.82, 2.24) is 4.90 Å². The molecule has 0 aromatic heterocycles. The van der Waals surface area contributed by atoms with Gasteiger partial charge in [-0.3, -0.25) is 4.90 Å². The summed E-state index contributed by atoms with van der Waals surface area (Å²) in [4.78, 5) is 2.47. The van der Waals surface area contributed by atoms with Crippen LogP contribution >= 0.6 is 24.0 Å². The summed E-state index contributed by atoms with van der Waals surface area (Å²) in [5.41, 5.74) is 1.41. The van der Waals surface area contributed by atoms with Gasteiger partial charge in [0.1, 0.15) is 0 Å². The van der Waals surface area contributed by atoms with Crippen LogP contribution in [-0.2, 0) is 6.54 Å². The molecule has 1 aromatic carbocycles. The minimum absolute atomic E-state index is 0. The third-order valence-electron chi connectivity index (χ3n) is 2.24. The molecule has 0 aliphatic rings. The molecule has 1 nitrogen and oxygen atoms in total. The summed E-state index contributed by atoms with van der Waals surface area (Å²) in [5, 5.41) is 0. The van der Waals surface area contributed by atoms with Gasteiger partial charge < -0.3 is 0 Å². The predicted octanol–water partition coefficient (Wildman–Crippen LogP) is 3.54. The summed E-state index contributed by atoms with van der Waals surface area (Å²) in [5.74, 6) is 0. The molecule has 0 fully saturated rings. The minimum atomic E-state index is 0. The van der Waals surface area contributed by atoms with Gasteiger partial charge >= 0.3 is 0 Å². The Kier molecular flexibility index (Phi) is 8.18. The van der Waals surface area contributed by atoms with Crippen LogP contribution in [0.4, 0.5) is 0 Å². The van der Waals surface area contributed by atoms with Crippen molar-refractivity contribution in [2.24, 2.45) is 0 Å². The van der Waals surface area contributed by atoms with Crippen molar-refractivity contribution in [1.29, 1.82) is 0 Å². The van der Waals surface area contributed by atoms with Crippen molar-refractivity contribution in [3.05, 3.63) is 35.9 Å². The molecule has 1 aromatic rings. The van der Waals surface area contributed by atoms with Crippen LogP contribution in [0.15, 0.2) is 30.3 Å². The van der Waals surface area contributed by atoms with Crippen LogP contribution in [0.25, 0.3) is 0 Å². The van der Waals surface area contributed by atoms with E-state index in [1.165, 1.54) is 18.5 Å². The van der Waals surface area contributed by atoms with Gasteiger partial charge in [-0.1, -0.05) is 44.2 Å². The van der Waals surface area contributed by atoms with Crippen molar-refractivity contribution >= 4 is 24.0 Å². The zero-order valence-corrected chi connectivity index (χ0v) is 11.4. The molecular formula is C12H20IN. The number of rotatable bonds is 5. The fourth-order valence-corrected chi connectivity index (χ4v) is 1.51. The molecular weight excluding hydrogens is 285 g/mol. The van der Waals surface area contributed by atoms with Gasteiger partial charge in [0, 0.05) is 6.54 Å². The second kappa shape index (κ2) is 8.24. The van der Waals surface area contributed by atoms with E-state index in [-0.39, 0.29) is 24.0 Å². The Morgan fingerprint density at radius 3 is 2.21 bits per heavy atom. The fourth-order valence-electron chi connectivity index (χ4n) is 1.51.